The van der Waals surface area contributed by atoms with Crippen molar-refractivity contribution in [3.8, 4) is 11.5 Å². The van der Waals surface area contributed by atoms with Gasteiger partial charge in [-0.1, -0.05) is 18.2 Å². The molecule has 0 radical (unpaired) electrons. The van der Waals surface area contributed by atoms with Crippen LogP contribution in [0.1, 0.15) is 6.92 Å². The smallest absolute Gasteiger partial charge is 0.481 e. The Morgan fingerprint density at radius 2 is 1.52 bits per heavy atom. The first-order valence-electron chi connectivity index (χ1n) is 9.43. The number of hydrogen-bond acceptors (Lipinski definition) is 5. The third-order valence-electron chi connectivity index (χ3n) is 4.65. The molecule has 7 nitrogen and oxygen atoms in total. The molecule has 1 aliphatic rings. The van der Waals surface area contributed by atoms with Crippen LogP contribution in [0.3, 0.4) is 0 Å². The van der Waals surface area contributed by atoms with Gasteiger partial charge in [0.2, 0.25) is 10.0 Å². The second-order valence-corrected chi connectivity index (χ2v) is 8.76. The van der Waals surface area contributed by atoms with E-state index in [1.807, 2.05) is 6.07 Å². The highest BCUT2D eigenvalue weighted by molar-refractivity contribution is 7.89. The van der Waals surface area contributed by atoms with Gasteiger partial charge in [-0.3, -0.25) is 4.79 Å². The first-order valence-corrected chi connectivity index (χ1v) is 10.9. The number of para-hydroxylation sites is 1. The van der Waals surface area contributed by atoms with E-state index in [4.69, 9.17) is 4.74 Å². The van der Waals surface area contributed by atoms with Crippen molar-refractivity contribution < 1.29 is 35.9 Å². The van der Waals surface area contributed by atoms with E-state index < -0.39 is 28.2 Å². The molecule has 0 aromatic heterocycles. The number of piperazine rings is 1. The SMILES string of the molecule is C[C@@H](Oc1ccccc1)C(=O)N1CCN(S(=O)(=O)c2ccc(OC(F)(F)F)cc2)CC1. The molecule has 0 saturated carbocycles. The third-order valence-corrected chi connectivity index (χ3v) is 6.56. The predicted octanol–water partition coefficient (Wildman–Crippen LogP) is 2.89. The van der Waals surface area contributed by atoms with E-state index in [0.29, 0.717) is 5.75 Å². The topological polar surface area (TPSA) is 76.2 Å². The Morgan fingerprint density at radius 3 is 2.06 bits per heavy atom. The Hall–Kier alpha value is -2.79. The minimum atomic E-state index is -4.86. The summed E-state index contributed by atoms with van der Waals surface area (Å²) in [6.07, 6.45) is -5.59. The van der Waals surface area contributed by atoms with Crippen LogP contribution in [0.4, 0.5) is 13.2 Å². The molecule has 0 N–H and O–H groups in total. The maximum atomic E-state index is 12.8. The normalized spacial score (nSPS) is 16.6. The molecule has 0 bridgehead atoms. The van der Waals surface area contributed by atoms with E-state index in [1.54, 1.807) is 31.2 Å². The first-order chi connectivity index (χ1) is 14.6. The van der Waals surface area contributed by atoms with Gasteiger partial charge >= 0.3 is 6.36 Å². The van der Waals surface area contributed by atoms with Crippen molar-refractivity contribution in [1.29, 1.82) is 0 Å². The minimum absolute atomic E-state index is 0.0624. The summed E-state index contributed by atoms with van der Waals surface area (Å²) in [5.41, 5.74) is 0. The molecule has 2 aromatic rings. The number of carbonyl (C=O) groups is 1. The molecule has 2 aromatic carbocycles. The number of alkyl halides is 3. The molecule has 1 aliphatic heterocycles. The standard InChI is InChI=1S/C20H21F3N2O5S/c1-15(29-16-5-3-2-4-6-16)19(26)24-11-13-25(14-12-24)31(27,28)18-9-7-17(8-10-18)30-20(21,22)23/h2-10,15H,11-14H2,1H3/t15-/m1/s1. The summed E-state index contributed by atoms with van der Waals surface area (Å²) >= 11 is 0. The van der Waals surface area contributed by atoms with E-state index in [0.717, 1.165) is 24.3 Å². The van der Waals surface area contributed by atoms with Crippen molar-refractivity contribution in [3.63, 3.8) is 0 Å². The average Bonchev–Trinajstić information content (AvgIpc) is 2.73. The molecule has 11 heteroatoms. The average molecular weight is 458 g/mol. The molecular weight excluding hydrogens is 437 g/mol. The molecule has 0 aliphatic carbocycles. The zero-order chi connectivity index (χ0) is 22.6. The number of benzene rings is 2. The zero-order valence-corrected chi connectivity index (χ0v) is 17.4. The Bertz CT molecular complexity index is 990. The van der Waals surface area contributed by atoms with Crippen LogP contribution in [0, 0.1) is 0 Å². The van der Waals surface area contributed by atoms with E-state index in [2.05, 4.69) is 4.74 Å². The van der Waals surface area contributed by atoms with Crippen molar-refractivity contribution in [1.82, 2.24) is 9.21 Å². The van der Waals surface area contributed by atoms with Gasteiger partial charge in [0.05, 0.1) is 4.90 Å². The Kier molecular flexibility index (Phi) is 6.75. The highest BCUT2D eigenvalue weighted by Crippen LogP contribution is 2.25. The largest absolute Gasteiger partial charge is 0.573 e. The predicted molar refractivity (Wildman–Crippen MR) is 105 cm³/mol. The van der Waals surface area contributed by atoms with Gasteiger partial charge in [0.15, 0.2) is 6.10 Å². The Balaban J connectivity index is 1.58. The summed E-state index contributed by atoms with van der Waals surface area (Å²) in [5.74, 6) is -0.202. The summed E-state index contributed by atoms with van der Waals surface area (Å²) < 4.78 is 72.9. The molecule has 0 spiro atoms. The van der Waals surface area contributed by atoms with E-state index in [9.17, 15) is 26.4 Å². The Labute approximate surface area is 178 Å². The fraction of sp³-hybridized carbons (Fsp3) is 0.350. The molecule has 31 heavy (non-hydrogen) atoms. The van der Waals surface area contributed by atoms with Crippen LogP contribution in [-0.4, -0.2) is 62.2 Å². The second kappa shape index (κ2) is 9.15. The molecule has 3 rings (SSSR count). The van der Waals surface area contributed by atoms with Crippen molar-refractivity contribution in [2.24, 2.45) is 0 Å². The first kappa shape index (κ1) is 22.9. The quantitative estimate of drug-likeness (QED) is 0.666. The van der Waals surface area contributed by atoms with Gasteiger partial charge in [-0.05, 0) is 43.3 Å². The number of hydrogen-bond donors (Lipinski definition) is 0. The molecular formula is C20H21F3N2O5S. The lowest BCUT2D eigenvalue weighted by Crippen LogP contribution is -2.53. The lowest BCUT2D eigenvalue weighted by atomic mass is 10.3. The van der Waals surface area contributed by atoms with Gasteiger partial charge < -0.3 is 14.4 Å². The van der Waals surface area contributed by atoms with E-state index in [1.165, 1.54) is 9.21 Å². The van der Waals surface area contributed by atoms with Crippen LogP contribution in [0.25, 0.3) is 0 Å². The maximum Gasteiger partial charge on any atom is 0.573 e. The number of halogens is 3. The van der Waals surface area contributed by atoms with Crippen LogP contribution in [0.5, 0.6) is 11.5 Å². The van der Waals surface area contributed by atoms with Gasteiger partial charge in [-0.25, -0.2) is 8.42 Å². The molecule has 1 heterocycles. The van der Waals surface area contributed by atoms with Crippen LogP contribution < -0.4 is 9.47 Å². The number of rotatable bonds is 6. The summed E-state index contributed by atoms with van der Waals surface area (Å²) in [6.45, 7) is 2.11. The van der Waals surface area contributed by atoms with Crippen LogP contribution in [0.2, 0.25) is 0 Å². The number of carbonyl (C=O) groups excluding carboxylic acids is 1. The van der Waals surface area contributed by atoms with Crippen molar-refractivity contribution >= 4 is 15.9 Å². The summed E-state index contributed by atoms with van der Waals surface area (Å²) in [7, 11) is -3.91. The number of sulfonamides is 1. The maximum absolute atomic E-state index is 12.8. The fourth-order valence-electron chi connectivity index (χ4n) is 3.12. The Morgan fingerprint density at radius 1 is 0.935 bits per heavy atom. The van der Waals surface area contributed by atoms with Crippen LogP contribution in [-0.2, 0) is 14.8 Å². The highest BCUT2D eigenvalue weighted by atomic mass is 32.2. The van der Waals surface area contributed by atoms with Crippen molar-refractivity contribution in [2.45, 2.75) is 24.3 Å². The minimum Gasteiger partial charge on any atom is -0.481 e. The van der Waals surface area contributed by atoms with Gasteiger partial charge in [0.25, 0.3) is 5.91 Å². The van der Waals surface area contributed by atoms with Crippen LogP contribution >= 0.6 is 0 Å². The zero-order valence-electron chi connectivity index (χ0n) is 16.6. The summed E-state index contributed by atoms with van der Waals surface area (Å²) in [5, 5.41) is 0. The number of ether oxygens (including phenoxy) is 2. The lowest BCUT2D eigenvalue weighted by molar-refractivity contribution is -0.274. The highest BCUT2D eigenvalue weighted by Gasteiger charge is 2.33. The second-order valence-electron chi connectivity index (χ2n) is 6.82. The van der Waals surface area contributed by atoms with E-state index >= 15 is 0 Å². The molecule has 0 unspecified atom stereocenters. The molecule has 1 saturated heterocycles. The van der Waals surface area contributed by atoms with Crippen LogP contribution in [0.15, 0.2) is 59.5 Å². The van der Waals surface area contributed by atoms with Crippen molar-refractivity contribution in [2.75, 3.05) is 26.2 Å². The lowest BCUT2D eigenvalue weighted by Gasteiger charge is -2.35. The van der Waals surface area contributed by atoms with E-state index in [-0.39, 0.29) is 37.0 Å². The fourth-order valence-corrected chi connectivity index (χ4v) is 4.54. The molecule has 1 atom stereocenters. The van der Waals surface area contributed by atoms with Gasteiger partial charge in [-0.2, -0.15) is 4.31 Å². The van der Waals surface area contributed by atoms with Crippen molar-refractivity contribution in [3.05, 3.63) is 54.6 Å². The summed E-state index contributed by atoms with van der Waals surface area (Å²) in [6, 6.07) is 12.9. The van der Waals surface area contributed by atoms with Gasteiger partial charge in [-0.15, -0.1) is 13.2 Å². The number of nitrogens with zero attached hydrogens (tertiary/aromatic N) is 2. The molecule has 1 amide bonds. The summed E-state index contributed by atoms with van der Waals surface area (Å²) in [4.78, 5) is 14.0. The molecule has 168 valence electrons. The molecule has 1 fully saturated rings. The number of amides is 1. The third kappa shape index (κ3) is 5.88. The van der Waals surface area contributed by atoms with Gasteiger partial charge in [0.1, 0.15) is 11.5 Å². The van der Waals surface area contributed by atoms with Gasteiger partial charge in [0, 0.05) is 26.2 Å². The monoisotopic (exact) mass is 458 g/mol.